The van der Waals surface area contributed by atoms with E-state index in [4.69, 9.17) is 4.65 Å². The van der Waals surface area contributed by atoms with Gasteiger partial charge in [-0.2, -0.15) is 0 Å². The Morgan fingerprint density at radius 2 is 0.773 bits per heavy atom. The van der Waals surface area contributed by atoms with Crippen molar-refractivity contribution in [2.75, 3.05) is 53.5 Å². The smallest absolute Gasteiger partial charge is 1.00 e. The molecule has 0 fully saturated rings. The second-order valence-corrected chi connectivity index (χ2v) is 16.5. The van der Waals surface area contributed by atoms with E-state index < -0.39 is 122 Å². The summed E-state index contributed by atoms with van der Waals surface area (Å²) in [4.78, 5) is 92.1. The van der Waals surface area contributed by atoms with Gasteiger partial charge < -0.3 is 119 Å². The maximum Gasteiger partial charge on any atom is 1.00 e. The van der Waals surface area contributed by atoms with Crippen LogP contribution in [0.4, 0.5) is 0 Å². The number of carbonyl (C=O) groups excluding carboxylic acids is 8. The number of amides is 4. The molecule has 0 aromatic carbocycles. The van der Waals surface area contributed by atoms with Crippen molar-refractivity contribution in [3.05, 3.63) is 6.65 Å². The number of ketones is 2. The zero-order valence-electron chi connectivity index (χ0n) is 45.5. The Hall–Kier alpha value is -3.00. The van der Waals surface area contributed by atoms with Gasteiger partial charge in [-0.05, 0) is 24.7 Å². The molecule has 4 amide bonds. The molecule has 0 heterocycles. The largest absolute Gasteiger partial charge is 1.00 e. The predicted octanol–water partition coefficient (Wildman–Crippen LogP) is -15.0. The van der Waals surface area contributed by atoms with E-state index in [2.05, 4.69) is 71.2 Å². The number of hydrogen-bond acceptors (Lipinski definition) is 19. The number of ether oxygens (including phenoxy) is 2. The molecule has 442 valence electrons. The van der Waals surface area contributed by atoms with Gasteiger partial charge in [0.25, 0.3) is 11.8 Å². The predicted molar refractivity (Wildman–Crippen MR) is 255 cm³/mol. The number of quaternary nitrogens is 2. The van der Waals surface area contributed by atoms with E-state index in [0.717, 1.165) is 52.0 Å². The fraction of sp³-hybridized carbons (Fsp3) is 0.800. The van der Waals surface area contributed by atoms with Crippen LogP contribution in [0.2, 0.25) is 0 Å². The van der Waals surface area contributed by atoms with E-state index in [1.54, 1.807) is 0 Å². The molecule has 0 spiro atoms. The third-order valence-electron chi connectivity index (χ3n) is 10.7. The molecule has 21 N–H and O–H groups in total. The molecule has 0 saturated carbocycles. The second-order valence-electron chi connectivity index (χ2n) is 16.5. The third kappa shape index (κ3) is 49.1. The van der Waals surface area contributed by atoms with Crippen LogP contribution < -0.4 is 87.1 Å². The molecule has 0 bridgehead atoms. The van der Waals surface area contributed by atoms with Crippen LogP contribution in [0.15, 0.2) is 0 Å². The number of halogens is 2. The molecule has 30 heteroatoms. The number of carbonyl (C=O) groups is 8. The fourth-order valence-corrected chi connectivity index (χ4v) is 4.33. The summed E-state index contributed by atoms with van der Waals surface area (Å²) in [6, 6.07) is 0. The van der Waals surface area contributed by atoms with Crippen LogP contribution in [0.1, 0.15) is 107 Å². The topological polar surface area (TPSA) is 502 Å². The van der Waals surface area contributed by atoms with E-state index in [0.29, 0.717) is 13.1 Å². The van der Waals surface area contributed by atoms with Crippen LogP contribution in [-0.2, 0) is 52.5 Å². The summed E-state index contributed by atoms with van der Waals surface area (Å²) in [5.41, 5.74) is 7.51. The summed E-state index contributed by atoms with van der Waals surface area (Å²) in [5.74, 6) is -4.54. The Labute approximate surface area is 475 Å². The number of hydrogen-bond donors (Lipinski definition) is 14. The van der Waals surface area contributed by atoms with E-state index in [-0.39, 0.29) is 90.0 Å². The number of methoxy groups -OCH3 is 2. The first-order valence-electron chi connectivity index (χ1n) is 23.2. The zero-order chi connectivity index (χ0) is 55.7. The van der Waals surface area contributed by atoms with Gasteiger partial charge in [0.1, 0.15) is 43.2 Å². The van der Waals surface area contributed by atoms with Crippen molar-refractivity contribution in [3.8, 4) is 0 Å². The molecule has 0 radical (unpaired) electrons. The van der Waals surface area contributed by atoms with Crippen molar-refractivity contribution >= 4 is 47.1 Å². The number of nitrogens with one attached hydrogen (secondary N) is 4. The Kier molecular flexibility index (Phi) is 73.9. The SMILES string of the molecule is CCC(C)CNC(=O)CCC(=O)[C@@H](O)[C@@H](O)[C@H](O)[C@@H](O)C(=O)NCC(=O)NCC(C)CC.CCC(C)C[NH3+].CCC(C)C[NH3+].COC(=O)CCC(=O)[C@@H](O)[C@@H](O)[C@H](O)[C@@H](O)C(=O)NCC(=O)OC.O.[C-]#[O+].[Cl-].[Cl-].[Na+].[OH-]. The van der Waals surface area contributed by atoms with Crippen molar-refractivity contribution < 1.29 is 170 Å². The molecule has 27 nitrogen and oxygen atoms in total. The minimum absolute atomic E-state index is 0. The van der Waals surface area contributed by atoms with Crippen molar-refractivity contribution in [2.45, 2.75) is 156 Å². The first-order valence-corrected chi connectivity index (χ1v) is 23.2. The molecular weight excluding hydrogens is 1050 g/mol. The van der Waals surface area contributed by atoms with Crippen molar-refractivity contribution in [2.24, 2.45) is 23.7 Å². The number of aliphatic hydroxyl groups excluding tert-OH is 8. The number of Topliss-reactive ketones (excluding diaryl/α,β-unsaturated/α-hetero) is 2. The molecule has 75 heavy (non-hydrogen) atoms. The first kappa shape index (κ1) is 94.4. The van der Waals surface area contributed by atoms with Gasteiger partial charge in [-0.25, -0.2) is 0 Å². The maximum atomic E-state index is 12.0. The van der Waals surface area contributed by atoms with E-state index in [1.807, 2.05) is 33.0 Å². The van der Waals surface area contributed by atoms with Crippen LogP contribution in [-0.4, -0.2) is 201 Å². The molecule has 0 rings (SSSR count). The first-order chi connectivity index (χ1) is 32.7. The Morgan fingerprint density at radius 3 is 1.07 bits per heavy atom. The molecule has 12 atom stereocenters. The molecule has 0 aliphatic heterocycles. The number of aliphatic hydroxyl groups is 8. The molecule has 4 unspecified atom stereocenters. The summed E-state index contributed by atoms with van der Waals surface area (Å²) in [6.45, 7) is 23.1. The summed E-state index contributed by atoms with van der Waals surface area (Å²) in [5, 5.41) is 87.4. The Morgan fingerprint density at radius 1 is 0.480 bits per heavy atom. The summed E-state index contributed by atoms with van der Waals surface area (Å²) in [7, 11) is 2.17. The Balaban J connectivity index is -0.000000108. The molecular formula is C45H91Cl2N6NaO21. The minimum Gasteiger partial charge on any atom is -1.00 e. The van der Waals surface area contributed by atoms with E-state index in [1.165, 1.54) is 12.8 Å². The normalized spacial score (nSPS) is 14.5. The number of rotatable bonds is 30. The van der Waals surface area contributed by atoms with Crippen LogP contribution in [0.5, 0.6) is 0 Å². The fourth-order valence-electron chi connectivity index (χ4n) is 4.33. The molecule has 0 aliphatic carbocycles. The second kappa shape index (κ2) is 58.7. The van der Waals surface area contributed by atoms with Gasteiger partial charge in [0.15, 0.2) is 23.8 Å². The summed E-state index contributed by atoms with van der Waals surface area (Å²) in [6.07, 6.45) is -14.5. The Bertz CT molecular complexity index is 1400. The van der Waals surface area contributed by atoms with Crippen LogP contribution in [0.3, 0.4) is 0 Å². The van der Waals surface area contributed by atoms with Gasteiger partial charge in [0.05, 0.1) is 40.3 Å². The zero-order valence-corrected chi connectivity index (χ0v) is 49.0. The molecule has 0 aromatic rings. The van der Waals surface area contributed by atoms with Gasteiger partial charge >= 0.3 is 52.8 Å². The summed E-state index contributed by atoms with van der Waals surface area (Å²) >= 11 is 0. The van der Waals surface area contributed by atoms with Gasteiger partial charge in [0.2, 0.25) is 11.8 Å². The van der Waals surface area contributed by atoms with Gasteiger partial charge in [0, 0.05) is 44.2 Å². The van der Waals surface area contributed by atoms with Crippen molar-refractivity contribution in [1.82, 2.24) is 21.3 Å². The van der Waals surface area contributed by atoms with E-state index in [9.17, 15) is 79.2 Å². The minimum atomic E-state index is -2.22. The molecule has 0 aromatic heterocycles. The van der Waals surface area contributed by atoms with Gasteiger partial charge in [-0.1, -0.05) is 68.2 Å². The van der Waals surface area contributed by atoms with Crippen molar-refractivity contribution in [1.29, 1.82) is 0 Å². The van der Waals surface area contributed by atoms with E-state index >= 15 is 0 Å². The monoisotopic (exact) mass is 1140 g/mol. The van der Waals surface area contributed by atoms with Gasteiger partial charge in [-0.3, -0.25) is 38.4 Å². The maximum absolute atomic E-state index is 12.0. The molecule has 0 aliphatic rings. The van der Waals surface area contributed by atoms with Crippen LogP contribution in [0.25, 0.3) is 0 Å². The summed E-state index contributed by atoms with van der Waals surface area (Å²) < 4.78 is 16.0. The molecule has 0 saturated heterocycles. The third-order valence-corrected chi connectivity index (χ3v) is 10.7. The average Bonchev–Trinajstić information content (AvgIpc) is 3.39. The van der Waals surface area contributed by atoms with Crippen LogP contribution >= 0.6 is 0 Å². The van der Waals surface area contributed by atoms with Gasteiger partial charge in [-0.15, -0.1) is 0 Å². The quantitative estimate of drug-likeness (QED) is 0.0137. The number of esters is 2. The van der Waals surface area contributed by atoms with Crippen molar-refractivity contribution in [3.63, 3.8) is 0 Å². The van der Waals surface area contributed by atoms with Crippen LogP contribution in [0, 0.1) is 30.3 Å². The average molecular weight is 1150 g/mol. The standard InChI is InChI=1S/C21H39N3O8.C13H21NO10.2C5H13N.CO.2ClH.Na.2H2O/c1-5-12(3)9-22-15(26)8-7-14(25)17(28)18(29)19(30)20(31)21(32)24-11-16(27)23-10-13(4)6-2;1-23-7(16)4-3-6(15)9(18)10(19)11(20)12(21)13(22)14-5-8(17)24-2;2*1-3-5(2)4-6;1-2;;;;;/h12-13,17-20,28-31H,5-11H2,1-4H3,(H,22,26)(H,23,27)(H,24,32);9-12,18-21H,3-5H2,1-2H3,(H,14,22);2*5H,3-4,6H2,1-2H3;;2*1H;;2*1H2/q;;;;;;;+1;;/p-1/t12?,13?,17-,18-,19+,20-;9-,10-,11+,12-;;;;;;;;/m11......../s1.